The summed E-state index contributed by atoms with van der Waals surface area (Å²) in [5.74, 6) is 0.534. The lowest BCUT2D eigenvalue weighted by Crippen LogP contribution is -2.25. The van der Waals surface area contributed by atoms with Gasteiger partial charge >= 0.3 is 0 Å². The SMILES string of the molecule is [CH2]C(O)C(O)CC(CC)CCCC. The minimum atomic E-state index is -0.837. The number of rotatable bonds is 7. The standard InChI is InChI=1S/C11H23O2/c1-4-6-7-10(5-2)8-11(13)9(3)12/h9-13H,3-8H2,1-2H3. The molecule has 0 aliphatic carbocycles. The second-order valence-corrected chi connectivity index (χ2v) is 3.79. The average molecular weight is 187 g/mol. The van der Waals surface area contributed by atoms with Gasteiger partial charge in [-0.2, -0.15) is 0 Å². The minimum Gasteiger partial charge on any atom is -0.390 e. The van der Waals surface area contributed by atoms with Crippen LogP contribution in [0.3, 0.4) is 0 Å². The summed E-state index contributed by atoms with van der Waals surface area (Å²) in [6, 6.07) is 0. The summed E-state index contributed by atoms with van der Waals surface area (Å²) in [4.78, 5) is 0. The van der Waals surface area contributed by atoms with Crippen molar-refractivity contribution in [2.24, 2.45) is 5.92 Å². The van der Waals surface area contributed by atoms with E-state index in [1.165, 1.54) is 12.8 Å². The molecule has 0 fully saturated rings. The summed E-state index contributed by atoms with van der Waals surface area (Å²) in [5, 5.41) is 18.4. The third-order valence-corrected chi connectivity index (χ3v) is 2.56. The van der Waals surface area contributed by atoms with Gasteiger partial charge in [0.1, 0.15) is 0 Å². The van der Waals surface area contributed by atoms with E-state index in [0.717, 1.165) is 12.8 Å². The fourth-order valence-corrected chi connectivity index (χ4v) is 1.48. The van der Waals surface area contributed by atoms with Crippen molar-refractivity contribution in [1.82, 2.24) is 0 Å². The normalized spacial score (nSPS) is 18.2. The molecule has 0 aromatic carbocycles. The summed E-state index contributed by atoms with van der Waals surface area (Å²) >= 11 is 0. The van der Waals surface area contributed by atoms with Crippen LogP contribution in [0.4, 0.5) is 0 Å². The van der Waals surface area contributed by atoms with Gasteiger partial charge in [-0.25, -0.2) is 0 Å². The van der Waals surface area contributed by atoms with Gasteiger partial charge in [0.15, 0.2) is 0 Å². The first-order valence-corrected chi connectivity index (χ1v) is 5.31. The Hall–Kier alpha value is -0.0800. The molecule has 79 valence electrons. The molecule has 0 heterocycles. The predicted octanol–water partition coefficient (Wildman–Crippen LogP) is 2.15. The van der Waals surface area contributed by atoms with Crippen LogP contribution in [0.5, 0.6) is 0 Å². The molecule has 1 radical (unpaired) electrons. The van der Waals surface area contributed by atoms with E-state index in [0.29, 0.717) is 12.3 Å². The molecular formula is C11H23O2. The molecule has 13 heavy (non-hydrogen) atoms. The number of aliphatic hydroxyl groups is 2. The molecule has 0 aliphatic heterocycles. The highest BCUT2D eigenvalue weighted by atomic mass is 16.3. The summed E-state index contributed by atoms with van der Waals surface area (Å²) < 4.78 is 0. The average Bonchev–Trinajstić information content (AvgIpc) is 2.11. The smallest absolute Gasteiger partial charge is 0.0801 e. The zero-order valence-electron chi connectivity index (χ0n) is 8.87. The minimum absolute atomic E-state index is 0.534. The van der Waals surface area contributed by atoms with Gasteiger partial charge in [-0.15, -0.1) is 0 Å². The van der Waals surface area contributed by atoms with Gasteiger partial charge in [0, 0.05) is 0 Å². The highest BCUT2D eigenvalue weighted by Crippen LogP contribution is 2.19. The van der Waals surface area contributed by atoms with Crippen molar-refractivity contribution in [2.45, 2.75) is 58.2 Å². The molecule has 2 nitrogen and oxygen atoms in total. The van der Waals surface area contributed by atoms with Crippen LogP contribution >= 0.6 is 0 Å². The maximum Gasteiger partial charge on any atom is 0.0801 e. The van der Waals surface area contributed by atoms with Crippen molar-refractivity contribution in [1.29, 1.82) is 0 Å². The molecule has 3 unspecified atom stereocenters. The van der Waals surface area contributed by atoms with E-state index in [9.17, 15) is 5.11 Å². The third-order valence-electron chi connectivity index (χ3n) is 2.56. The lowest BCUT2D eigenvalue weighted by atomic mass is 9.92. The Kier molecular flexibility index (Phi) is 7.29. The summed E-state index contributed by atoms with van der Waals surface area (Å²) in [5.41, 5.74) is 0. The lowest BCUT2D eigenvalue weighted by Gasteiger charge is -2.20. The van der Waals surface area contributed by atoms with E-state index >= 15 is 0 Å². The molecule has 0 spiro atoms. The summed E-state index contributed by atoms with van der Waals surface area (Å²) in [6.07, 6.45) is 3.82. The van der Waals surface area contributed by atoms with Crippen LogP contribution in [-0.4, -0.2) is 22.4 Å². The van der Waals surface area contributed by atoms with Gasteiger partial charge in [-0.3, -0.25) is 0 Å². The van der Waals surface area contributed by atoms with Crippen molar-refractivity contribution in [2.75, 3.05) is 0 Å². The highest BCUT2D eigenvalue weighted by Gasteiger charge is 2.16. The Morgan fingerprint density at radius 2 is 1.85 bits per heavy atom. The molecule has 2 heteroatoms. The molecule has 0 bridgehead atoms. The van der Waals surface area contributed by atoms with Crippen molar-refractivity contribution in [3.63, 3.8) is 0 Å². The third kappa shape index (κ3) is 6.05. The topological polar surface area (TPSA) is 40.5 Å². The van der Waals surface area contributed by atoms with Crippen LogP contribution in [0.15, 0.2) is 0 Å². The molecule has 0 aromatic rings. The monoisotopic (exact) mass is 187 g/mol. The zero-order valence-corrected chi connectivity index (χ0v) is 8.87. The maximum atomic E-state index is 9.41. The molecule has 3 atom stereocenters. The molecule has 0 aliphatic rings. The number of hydrogen-bond donors (Lipinski definition) is 2. The van der Waals surface area contributed by atoms with Crippen LogP contribution in [0.1, 0.15) is 46.0 Å². The van der Waals surface area contributed by atoms with E-state index in [4.69, 9.17) is 5.11 Å². The zero-order chi connectivity index (χ0) is 10.3. The Balaban J connectivity index is 3.69. The molecule has 2 N–H and O–H groups in total. The van der Waals surface area contributed by atoms with Gasteiger partial charge in [0.25, 0.3) is 0 Å². The maximum absolute atomic E-state index is 9.41. The van der Waals surface area contributed by atoms with Gasteiger partial charge < -0.3 is 10.2 Å². The van der Waals surface area contributed by atoms with Crippen molar-refractivity contribution in [3.05, 3.63) is 6.92 Å². The Morgan fingerprint density at radius 1 is 1.23 bits per heavy atom. The van der Waals surface area contributed by atoms with Crippen LogP contribution in [0.25, 0.3) is 0 Å². The van der Waals surface area contributed by atoms with E-state index in [-0.39, 0.29) is 0 Å². The van der Waals surface area contributed by atoms with Crippen LogP contribution < -0.4 is 0 Å². The number of aliphatic hydroxyl groups excluding tert-OH is 2. The first kappa shape index (κ1) is 12.9. The molecular weight excluding hydrogens is 164 g/mol. The first-order chi connectivity index (χ1) is 6.11. The van der Waals surface area contributed by atoms with Gasteiger partial charge in [-0.1, -0.05) is 39.5 Å². The molecule has 0 saturated heterocycles. The Morgan fingerprint density at radius 3 is 2.23 bits per heavy atom. The van der Waals surface area contributed by atoms with E-state index in [1.54, 1.807) is 0 Å². The fourth-order valence-electron chi connectivity index (χ4n) is 1.48. The van der Waals surface area contributed by atoms with Crippen LogP contribution in [0, 0.1) is 12.8 Å². The molecule has 0 aromatic heterocycles. The second-order valence-electron chi connectivity index (χ2n) is 3.79. The van der Waals surface area contributed by atoms with E-state index in [1.807, 2.05) is 0 Å². The first-order valence-electron chi connectivity index (χ1n) is 5.31. The quantitative estimate of drug-likeness (QED) is 0.641. The van der Waals surface area contributed by atoms with Crippen molar-refractivity contribution >= 4 is 0 Å². The highest BCUT2D eigenvalue weighted by molar-refractivity contribution is 4.72. The van der Waals surface area contributed by atoms with Crippen LogP contribution in [0.2, 0.25) is 0 Å². The van der Waals surface area contributed by atoms with Gasteiger partial charge in [0.05, 0.1) is 12.2 Å². The van der Waals surface area contributed by atoms with Gasteiger partial charge in [0.2, 0.25) is 0 Å². The largest absolute Gasteiger partial charge is 0.390 e. The Bertz CT molecular complexity index is 113. The van der Waals surface area contributed by atoms with E-state index in [2.05, 4.69) is 20.8 Å². The Labute approximate surface area is 82.0 Å². The van der Waals surface area contributed by atoms with Crippen LogP contribution in [-0.2, 0) is 0 Å². The molecule has 0 saturated carbocycles. The van der Waals surface area contributed by atoms with Crippen molar-refractivity contribution in [3.8, 4) is 0 Å². The number of hydrogen-bond acceptors (Lipinski definition) is 2. The second kappa shape index (κ2) is 7.34. The molecule has 0 rings (SSSR count). The van der Waals surface area contributed by atoms with Crippen molar-refractivity contribution < 1.29 is 10.2 Å². The van der Waals surface area contributed by atoms with E-state index < -0.39 is 12.2 Å². The molecule has 0 amide bonds. The van der Waals surface area contributed by atoms with Gasteiger partial charge in [-0.05, 0) is 19.3 Å². The predicted molar refractivity (Wildman–Crippen MR) is 55.3 cm³/mol. The fraction of sp³-hybridized carbons (Fsp3) is 0.909. The summed E-state index contributed by atoms with van der Waals surface area (Å²) in [7, 11) is 0. The lowest BCUT2D eigenvalue weighted by molar-refractivity contribution is 0.0287. The summed E-state index contributed by atoms with van der Waals surface area (Å²) in [6.45, 7) is 7.71. The number of unbranched alkanes of at least 4 members (excludes halogenated alkanes) is 1.